The van der Waals surface area contributed by atoms with E-state index in [0.29, 0.717) is 0 Å². The van der Waals surface area contributed by atoms with Crippen molar-refractivity contribution in [2.24, 2.45) is 5.92 Å². The normalized spacial score (nSPS) is 13.4. The molecule has 3 nitrogen and oxygen atoms in total. The SMILES string of the molecule is C[C@@H](CO)Cc1cocn1. The van der Waals surface area contributed by atoms with Crippen LogP contribution in [0.1, 0.15) is 12.6 Å². The van der Waals surface area contributed by atoms with Gasteiger partial charge in [0.2, 0.25) is 0 Å². The van der Waals surface area contributed by atoms with Crippen molar-refractivity contribution >= 4 is 0 Å². The molecule has 0 bridgehead atoms. The Bertz CT molecular complexity index is 172. The van der Waals surface area contributed by atoms with Crippen molar-refractivity contribution in [3.63, 3.8) is 0 Å². The number of aliphatic hydroxyl groups excluding tert-OH is 1. The summed E-state index contributed by atoms with van der Waals surface area (Å²) < 4.78 is 4.77. The Morgan fingerprint density at radius 2 is 2.60 bits per heavy atom. The summed E-state index contributed by atoms with van der Waals surface area (Å²) in [6, 6.07) is 0. The molecular weight excluding hydrogens is 130 g/mol. The molecular formula is C7H11NO2. The summed E-state index contributed by atoms with van der Waals surface area (Å²) in [5.74, 6) is 0.269. The number of nitrogens with zero attached hydrogens (tertiary/aromatic N) is 1. The van der Waals surface area contributed by atoms with Gasteiger partial charge in [-0.25, -0.2) is 4.98 Å². The van der Waals surface area contributed by atoms with Crippen LogP contribution in [-0.4, -0.2) is 16.7 Å². The maximum absolute atomic E-state index is 8.68. The highest BCUT2D eigenvalue weighted by Crippen LogP contribution is 2.04. The van der Waals surface area contributed by atoms with Crippen molar-refractivity contribution in [2.75, 3.05) is 6.61 Å². The van der Waals surface area contributed by atoms with E-state index in [2.05, 4.69) is 4.98 Å². The van der Waals surface area contributed by atoms with Gasteiger partial charge in [0.1, 0.15) is 6.26 Å². The van der Waals surface area contributed by atoms with E-state index in [1.165, 1.54) is 6.39 Å². The van der Waals surface area contributed by atoms with Crippen molar-refractivity contribution in [1.82, 2.24) is 4.98 Å². The summed E-state index contributed by atoms with van der Waals surface area (Å²) in [6.07, 6.45) is 3.79. The molecule has 3 heteroatoms. The molecule has 0 fully saturated rings. The van der Waals surface area contributed by atoms with Crippen LogP contribution in [0.3, 0.4) is 0 Å². The van der Waals surface area contributed by atoms with Gasteiger partial charge in [-0.1, -0.05) is 6.92 Å². The number of hydrogen-bond donors (Lipinski definition) is 1. The number of aliphatic hydroxyl groups is 1. The van der Waals surface area contributed by atoms with Gasteiger partial charge in [-0.15, -0.1) is 0 Å². The lowest BCUT2D eigenvalue weighted by Gasteiger charge is -2.02. The molecule has 1 aromatic rings. The molecule has 10 heavy (non-hydrogen) atoms. The molecule has 0 aliphatic heterocycles. The van der Waals surface area contributed by atoms with E-state index < -0.39 is 0 Å². The zero-order chi connectivity index (χ0) is 7.40. The maximum Gasteiger partial charge on any atom is 0.180 e. The van der Waals surface area contributed by atoms with Gasteiger partial charge in [0.25, 0.3) is 0 Å². The molecule has 0 aliphatic carbocycles. The number of hydrogen-bond acceptors (Lipinski definition) is 3. The second kappa shape index (κ2) is 3.37. The van der Waals surface area contributed by atoms with Crippen LogP contribution in [0.5, 0.6) is 0 Å². The molecule has 0 aromatic carbocycles. The predicted octanol–water partition coefficient (Wildman–Crippen LogP) is 0.845. The van der Waals surface area contributed by atoms with E-state index in [9.17, 15) is 0 Å². The van der Waals surface area contributed by atoms with E-state index in [1.54, 1.807) is 6.26 Å². The second-order valence-corrected chi connectivity index (χ2v) is 2.47. The highest BCUT2D eigenvalue weighted by Gasteiger charge is 2.02. The fourth-order valence-electron chi connectivity index (χ4n) is 0.760. The number of oxazole rings is 1. The Labute approximate surface area is 59.7 Å². The van der Waals surface area contributed by atoms with E-state index >= 15 is 0 Å². The molecule has 1 heterocycles. The van der Waals surface area contributed by atoms with Crippen LogP contribution in [-0.2, 0) is 6.42 Å². The number of aromatic nitrogens is 1. The van der Waals surface area contributed by atoms with E-state index in [0.717, 1.165) is 12.1 Å². The summed E-state index contributed by atoms with van der Waals surface area (Å²) in [7, 11) is 0. The Kier molecular flexibility index (Phi) is 2.45. The Hall–Kier alpha value is -0.830. The van der Waals surface area contributed by atoms with Crippen molar-refractivity contribution in [2.45, 2.75) is 13.3 Å². The molecule has 0 radical (unpaired) electrons. The van der Waals surface area contributed by atoms with Crippen molar-refractivity contribution in [3.05, 3.63) is 18.4 Å². The molecule has 0 unspecified atom stereocenters. The van der Waals surface area contributed by atoms with E-state index in [-0.39, 0.29) is 12.5 Å². The molecule has 0 saturated heterocycles. The van der Waals surface area contributed by atoms with Gasteiger partial charge >= 0.3 is 0 Å². The Morgan fingerprint density at radius 1 is 1.80 bits per heavy atom. The molecule has 0 amide bonds. The molecule has 1 rings (SSSR count). The summed E-state index contributed by atoms with van der Waals surface area (Å²) in [4.78, 5) is 3.93. The average Bonchev–Trinajstić information content (AvgIpc) is 2.40. The highest BCUT2D eigenvalue weighted by molar-refractivity contribution is 4.91. The minimum Gasteiger partial charge on any atom is -0.451 e. The zero-order valence-corrected chi connectivity index (χ0v) is 5.95. The van der Waals surface area contributed by atoms with Gasteiger partial charge in [0, 0.05) is 6.61 Å². The molecule has 1 atom stereocenters. The van der Waals surface area contributed by atoms with Crippen LogP contribution in [0.15, 0.2) is 17.1 Å². The fourth-order valence-corrected chi connectivity index (χ4v) is 0.760. The first-order valence-electron chi connectivity index (χ1n) is 3.31. The molecule has 0 spiro atoms. The third kappa shape index (κ3) is 1.84. The Balaban J connectivity index is 2.40. The first-order valence-corrected chi connectivity index (χ1v) is 3.31. The molecule has 0 saturated carbocycles. The third-order valence-electron chi connectivity index (χ3n) is 1.35. The monoisotopic (exact) mass is 141 g/mol. The van der Waals surface area contributed by atoms with Gasteiger partial charge in [0.05, 0.1) is 5.69 Å². The molecule has 1 aromatic heterocycles. The lowest BCUT2D eigenvalue weighted by atomic mass is 10.1. The van der Waals surface area contributed by atoms with Crippen LogP contribution < -0.4 is 0 Å². The summed E-state index contributed by atoms with van der Waals surface area (Å²) in [6.45, 7) is 2.17. The van der Waals surface area contributed by atoms with Crippen molar-refractivity contribution < 1.29 is 9.52 Å². The minimum absolute atomic E-state index is 0.201. The fraction of sp³-hybridized carbons (Fsp3) is 0.571. The summed E-state index contributed by atoms with van der Waals surface area (Å²) in [5, 5.41) is 8.68. The predicted molar refractivity (Wildman–Crippen MR) is 36.5 cm³/mol. The Morgan fingerprint density at radius 3 is 3.10 bits per heavy atom. The van der Waals surface area contributed by atoms with E-state index in [1.807, 2.05) is 6.92 Å². The molecule has 0 aliphatic rings. The maximum atomic E-state index is 8.68. The van der Waals surface area contributed by atoms with Crippen LogP contribution in [0.2, 0.25) is 0 Å². The van der Waals surface area contributed by atoms with Crippen LogP contribution >= 0.6 is 0 Å². The van der Waals surface area contributed by atoms with Crippen LogP contribution in [0, 0.1) is 5.92 Å². The molecule has 1 N–H and O–H groups in total. The van der Waals surface area contributed by atoms with Gasteiger partial charge in [-0.05, 0) is 12.3 Å². The third-order valence-corrected chi connectivity index (χ3v) is 1.35. The van der Waals surface area contributed by atoms with E-state index in [4.69, 9.17) is 9.52 Å². The first kappa shape index (κ1) is 7.28. The second-order valence-electron chi connectivity index (χ2n) is 2.47. The largest absolute Gasteiger partial charge is 0.451 e. The quantitative estimate of drug-likeness (QED) is 0.678. The summed E-state index contributed by atoms with van der Waals surface area (Å²) >= 11 is 0. The van der Waals surface area contributed by atoms with Gasteiger partial charge in [0.15, 0.2) is 6.39 Å². The lowest BCUT2D eigenvalue weighted by Crippen LogP contribution is -2.04. The summed E-state index contributed by atoms with van der Waals surface area (Å²) in [5.41, 5.74) is 0.904. The highest BCUT2D eigenvalue weighted by atomic mass is 16.3. The topological polar surface area (TPSA) is 46.3 Å². The molecule has 56 valence electrons. The van der Waals surface area contributed by atoms with Gasteiger partial charge in [-0.2, -0.15) is 0 Å². The van der Waals surface area contributed by atoms with Gasteiger partial charge in [-0.3, -0.25) is 0 Å². The number of rotatable bonds is 3. The smallest absolute Gasteiger partial charge is 0.180 e. The minimum atomic E-state index is 0.201. The standard InChI is InChI=1S/C7H11NO2/c1-6(3-9)2-7-4-10-5-8-7/h4-6,9H,2-3H2,1H3/t6-/m1/s1. The van der Waals surface area contributed by atoms with Gasteiger partial charge < -0.3 is 9.52 Å². The average molecular weight is 141 g/mol. The van der Waals surface area contributed by atoms with Crippen molar-refractivity contribution in [1.29, 1.82) is 0 Å². The van der Waals surface area contributed by atoms with Crippen LogP contribution in [0.4, 0.5) is 0 Å². The van der Waals surface area contributed by atoms with Crippen molar-refractivity contribution in [3.8, 4) is 0 Å². The lowest BCUT2D eigenvalue weighted by molar-refractivity contribution is 0.236. The first-order chi connectivity index (χ1) is 4.83. The zero-order valence-electron chi connectivity index (χ0n) is 5.95. The van der Waals surface area contributed by atoms with Crippen LogP contribution in [0.25, 0.3) is 0 Å².